The van der Waals surface area contributed by atoms with E-state index in [2.05, 4.69) is 16.4 Å². The highest BCUT2D eigenvalue weighted by molar-refractivity contribution is 6.13. The third kappa shape index (κ3) is 1.36. The van der Waals surface area contributed by atoms with E-state index < -0.39 is 0 Å². The van der Waals surface area contributed by atoms with Gasteiger partial charge in [-0.15, -0.1) is 0 Å². The van der Waals surface area contributed by atoms with Gasteiger partial charge in [-0.3, -0.25) is 9.79 Å². The summed E-state index contributed by atoms with van der Waals surface area (Å²) >= 11 is 0. The van der Waals surface area contributed by atoms with Crippen LogP contribution in [0.1, 0.15) is 11.1 Å². The number of hydrogen-bond donors (Lipinski definition) is 1. The Balaban J connectivity index is 2.43. The van der Waals surface area contributed by atoms with Crippen molar-refractivity contribution in [1.82, 2.24) is 5.32 Å². The quantitative estimate of drug-likeness (QED) is 0.689. The lowest BCUT2D eigenvalue weighted by Crippen LogP contribution is -2.25. The molecule has 0 spiro atoms. The van der Waals surface area contributed by atoms with Crippen LogP contribution in [0.25, 0.3) is 0 Å². The molecule has 0 atom stereocenters. The molecule has 1 amide bonds. The first kappa shape index (κ1) is 8.45. The van der Waals surface area contributed by atoms with E-state index in [9.17, 15) is 4.79 Å². The number of benzene rings is 1. The average Bonchev–Trinajstić information content (AvgIpc) is 2.65. The number of rotatable bonds is 1. The number of hydrogen-bond acceptors (Lipinski definition) is 3. The molecule has 0 aliphatic carbocycles. The first-order chi connectivity index (χ1) is 6.81. The molecule has 14 heavy (non-hydrogen) atoms. The van der Waals surface area contributed by atoms with Crippen molar-refractivity contribution < 1.29 is 4.79 Å². The molecule has 2 rings (SSSR count). The summed E-state index contributed by atoms with van der Waals surface area (Å²) in [5.41, 5.74) is 1.20. The van der Waals surface area contributed by atoms with Crippen molar-refractivity contribution in [3.8, 4) is 6.07 Å². The van der Waals surface area contributed by atoms with Crippen LogP contribution in [0.5, 0.6) is 0 Å². The molecule has 68 valence electrons. The topological polar surface area (TPSA) is 65.2 Å². The first-order valence-corrected chi connectivity index (χ1v) is 4.15. The van der Waals surface area contributed by atoms with Crippen LogP contribution in [0.3, 0.4) is 0 Å². The Labute approximate surface area is 80.9 Å². The minimum absolute atomic E-state index is 0.132. The predicted octanol–water partition coefficient (Wildman–Crippen LogP) is 0.435. The Bertz CT molecular complexity index is 457. The Morgan fingerprint density at radius 1 is 1.43 bits per heavy atom. The van der Waals surface area contributed by atoms with Gasteiger partial charge in [-0.25, -0.2) is 0 Å². The lowest BCUT2D eigenvalue weighted by molar-refractivity contribution is -0.117. The largest absolute Gasteiger partial charge is 0.309 e. The van der Waals surface area contributed by atoms with E-state index in [0.29, 0.717) is 17.0 Å². The van der Waals surface area contributed by atoms with Gasteiger partial charge in [0.05, 0.1) is 11.6 Å². The normalized spacial score (nSPS) is 14.5. The zero-order chi connectivity index (χ0) is 9.97. The minimum Gasteiger partial charge on any atom is -0.309 e. The zero-order valence-corrected chi connectivity index (χ0v) is 7.32. The van der Waals surface area contributed by atoms with Gasteiger partial charge in [-0.1, -0.05) is 12.1 Å². The highest BCUT2D eigenvalue weighted by atomic mass is 16.2. The molecular weight excluding hydrogens is 178 g/mol. The molecule has 0 radical (unpaired) electrons. The first-order valence-electron chi connectivity index (χ1n) is 4.15. The fourth-order valence-electron chi connectivity index (χ4n) is 1.30. The van der Waals surface area contributed by atoms with Gasteiger partial charge in [0, 0.05) is 5.56 Å². The maximum atomic E-state index is 10.9. The van der Waals surface area contributed by atoms with E-state index in [1.807, 2.05) is 6.07 Å². The SMILES string of the molecule is N#Cc1ccccc1C1=NCC(=O)N1. The molecule has 0 aromatic heterocycles. The predicted molar refractivity (Wildman–Crippen MR) is 50.7 cm³/mol. The van der Waals surface area contributed by atoms with Gasteiger partial charge in [-0.2, -0.15) is 5.26 Å². The maximum Gasteiger partial charge on any atom is 0.247 e. The Morgan fingerprint density at radius 3 is 2.86 bits per heavy atom. The minimum atomic E-state index is -0.132. The average molecular weight is 185 g/mol. The molecule has 0 saturated carbocycles. The number of carbonyl (C=O) groups is 1. The number of nitrogens with one attached hydrogen (secondary N) is 1. The molecule has 1 aliphatic rings. The van der Waals surface area contributed by atoms with Crippen LogP contribution in [0.4, 0.5) is 0 Å². The summed E-state index contributed by atoms with van der Waals surface area (Å²) in [5, 5.41) is 11.4. The van der Waals surface area contributed by atoms with Crippen molar-refractivity contribution in [2.45, 2.75) is 0 Å². The van der Waals surface area contributed by atoms with Gasteiger partial charge in [0.15, 0.2) is 0 Å². The molecule has 1 heterocycles. The number of aliphatic imine (C=N–C) groups is 1. The monoisotopic (exact) mass is 185 g/mol. The van der Waals surface area contributed by atoms with Crippen LogP contribution in [-0.4, -0.2) is 18.3 Å². The standard InChI is InChI=1S/C10H7N3O/c11-5-7-3-1-2-4-8(7)10-12-6-9(14)13-10/h1-4H,6H2,(H,12,13,14). The van der Waals surface area contributed by atoms with Crippen LogP contribution in [0.15, 0.2) is 29.3 Å². The van der Waals surface area contributed by atoms with Crippen molar-refractivity contribution in [3.05, 3.63) is 35.4 Å². The molecule has 4 nitrogen and oxygen atoms in total. The molecule has 0 saturated heterocycles. The van der Waals surface area contributed by atoms with E-state index in [4.69, 9.17) is 5.26 Å². The number of nitriles is 1. The van der Waals surface area contributed by atoms with Crippen molar-refractivity contribution in [1.29, 1.82) is 5.26 Å². The van der Waals surface area contributed by atoms with Gasteiger partial charge in [0.1, 0.15) is 12.4 Å². The number of nitrogens with zero attached hydrogens (tertiary/aromatic N) is 2. The number of amides is 1. The summed E-state index contributed by atoms with van der Waals surface area (Å²) in [5.74, 6) is 0.361. The van der Waals surface area contributed by atoms with Crippen LogP contribution in [-0.2, 0) is 4.79 Å². The second-order valence-corrected chi connectivity index (χ2v) is 2.87. The second kappa shape index (κ2) is 3.30. The number of carbonyl (C=O) groups excluding carboxylic acids is 1. The number of amidine groups is 1. The highest BCUT2D eigenvalue weighted by Gasteiger charge is 2.16. The van der Waals surface area contributed by atoms with Crippen molar-refractivity contribution >= 4 is 11.7 Å². The van der Waals surface area contributed by atoms with Crippen LogP contribution in [0.2, 0.25) is 0 Å². The summed E-state index contributed by atoms with van der Waals surface area (Å²) in [7, 11) is 0. The third-order valence-corrected chi connectivity index (χ3v) is 1.94. The molecule has 0 fully saturated rings. The zero-order valence-electron chi connectivity index (χ0n) is 7.32. The molecule has 1 aliphatic heterocycles. The lowest BCUT2D eigenvalue weighted by atomic mass is 10.1. The molecule has 0 unspecified atom stereocenters. The summed E-state index contributed by atoms with van der Waals surface area (Å²) in [6.07, 6.45) is 0. The Hall–Kier alpha value is -2.15. The summed E-state index contributed by atoms with van der Waals surface area (Å²) < 4.78 is 0. The highest BCUT2D eigenvalue weighted by Crippen LogP contribution is 2.09. The lowest BCUT2D eigenvalue weighted by Gasteiger charge is -2.02. The Morgan fingerprint density at radius 2 is 2.21 bits per heavy atom. The third-order valence-electron chi connectivity index (χ3n) is 1.94. The molecule has 1 aromatic carbocycles. The van der Waals surface area contributed by atoms with Crippen LogP contribution in [0, 0.1) is 11.3 Å². The smallest absolute Gasteiger partial charge is 0.247 e. The van der Waals surface area contributed by atoms with Gasteiger partial charge in [0.25, 0.3) is 0 Å². The van der Waals surface area contributed by atoms with Crippen molar-refractivity contribution in [3.63, 3.8) is 0 Å². The van der Waals surface area contributed by atoms with E-state index >= 15 is 0 Å². The van der Waals surface area contributed by atoms with E-state index in [-0.39, 0.29) is 12.5 Å². The van der Waals surface area contributed by atoms with Gasteiger partial charge < -0.3 is 5.32 Å². The Kier molecular flexibility index (Phi) is 1.99. The summed E-state index contributed by atoms with van der Waals surface area (Å²) in [4.78, 5) is 14.9. The molecule has 1 N–H and O–H groups in total. The molecule has 0 bridgehead atoms. The fourth-order valence-corrected chi connectivity index (χ4v) is 1.30. The van der Waals surface area contributed by atoms with E-state index in [1.165, 1.54) is 0 Å². The molecule has 1 aromatic rings. The van der Waals surface area contributed by atoms with Gasteiger partial charge >= 0.3 is 0 Å². The van der Waals surface area contributed by atoms with E-state index in [1.54, 1.807) is 18.2 Å². The summed E-state index contributed by atoms with van der Waals surface area (Å²) in [6.45, 7) is 0.148. The van der Waals surface area contributed by atoms with Crippen molar-refractivity contribution in [2.75, 3.05) is 6.54 Å². The van der Waals surface area contributed by atoms with E-state index in [0.717, 1.165) is 0 Å². The van der Waals surface area contributed by atoms with Crippen LogP contribution >= 0.6 is 0 Å². The summed E-state index contributed by atoms with van der Waals surface area (Å²) in [6, 6.07) is 9.10. The van der Waals surface area contributed by atoms with Gasteiger partial charge in [0.2, 0.25) is 5.91 Å². The molecular formula is C10H7N3O. The maximum absolute atomic E-state index is 10.9. The fraction of sp³-hybridized carbons (Fsp3) is 0.100. The van der Waals surface area contributed by atoms with Crippen LogP contribution < -0.4 is 5.32 Å². The molecule has 4 heteroatoms. The second-order valence-electron chi connectivity index (χ2n) is 2.87. The van der Waals surface area contributed by atoms with Gasteiger partial charge in [-0.05, 0) is 12.1 Å². The van der Waals surface area contributed by atoms with Crippen molar-refractivity contribution in [2.24, 2.45) is 4.99 Å².